The molecule has 1 aliphatic heterocycles. The lowest BCUT2D eigenvalue weighted by atomic mass is 10.1. The molecule has 1 unspecified atom stereocenters. The molecule has 8 heteroatoms. The summed E-state index contributed by atoms with van der Waals surface area (Å²) in [5.74, 6) is -0.622. The van der Waals surface area contributed by atoms with E-state index < -0.39 is 17.8 Å². The Hall–Kier alpha value is -3.68. The zero-order chi connectivity index (χ0) is 21.7. The minimum Gasteiger partial charge on any atom is -0.497 e. The molecule has 30 heavy (non-hydrogen) atoms. The van der Waals surface area contributed by atoms with Crippen LogP contribution in [0.3, 0.4) is 0 Å². The molecule has 1 aliphatic rings. The molecule has 1 atom stereocenters. The van der Waals surface area contributed by atoms with E-state index in [9.17, 15) is 14.0 Å². The molecule has 2 aromatic carbocycles. The fourth-order valence-electron chi connectivity index (χ4n) is 3.20. The van der Waals surface area contributed by atoms with Crippen molar-refractivity contribution in [3.8, 4) is 5.75 Å². The summed E-state index contributed by atoms with van der Waals surface area (Å²) in [5.41, 5.74) is 7.12. The molecular weight excluding hydrogens is 387 g/mol. The summed E-state index contributed by atoms with van der Waals surface area (Å²) in [7, 11) is 1.59. The second-order valence-electron chi connectivity index (χ2n) is 6.81. The van der Waals surface area contributed by atoms with Crippen molar-refractivity contribution in [2.24, 2.45) is 10.8 Å². The third-order valence-electron chi connectivity index (χ3n) is 4.75. The number of nitrogens with two attached hydrogens (primary N) is 1. The first-order chi connectivity index (χ1) is 14.4. The topological polar surface area (TPSA) is 88.2 Å². The maximum absolute atomic E-state index is 13.3. The molecule has 0 spiro atoms. The van der Waals surface area contributed by atoms with E-state index in [1.54, 1.807) is 18.1 Å². The van der Waals surface area contributed by atoms with Gasteiger partial charge >= 0.3 is 0 Å². The van der Waals surface area contributed by atoms with Crippen LogP contribution >= 0.6 is 0 Å². The highest BCUT2D eigenvalue weighted by Crippen LogP contribution is 2.26. The molecule has 0 radical (unpaired) electrons. The molecule has 7 nitrogen and oxygen atoms in total. The Morgan fingerprint density at radius 1 is 1.27 bits per heavy atom. The molecule has 156 valence electrons. The fraction of sp³-hybridized carbons (Fsp3) is 0.227. The molecule has 2 amide bonds. The Labute approximate surface area is 174 Å². The number of halogens is 1. The van der Waals surface area contributed by atoms with Gasteiger partial charge in [-0.1, -0.05) is 18.2 Å². The van der Waals surface area contributed by atoms with E-state index >= 15 is 0 Å². The molecule has 0 saturated carbocycles. The predicted molar refractivity (Wildman–Crippen MR) is 113 cm³/mol. The van der Waals surface area contributed by atoms with Crippen LogP contribution in [0.1, 0.15) is 12.0 Å². The van der Waals surface area contributed by atoms with Crippen LogP contribution in [0.25, 0.3) is 0 Å². The maximum Gasteiger partial charge on any atom is 0.270 e. The number of benzene rings is 2. The van der Waals surface area contributed by atoms with Gasteiger partial charge in [-0.05, 0) is 42.0 Å². The van der Waals surface area contributed by atoms with Crippen molar-refractivity contribution in [2.75, 3.05) is 18.7 Å². The number of hydrogen-bond donors (Lipinski definition) is 1. The molecule has 2 N–H and O–H groups in total. The predicted octanol–water partition coefficient (Wildman–Crippen LogP) is 2.47. The number of amides is 2. The van der Waals surface area contributed by atoms with E-state index in [4.69, 9.17) is 10.5 Å². The van der Waals surface area contributed by atoms with Crippen molar-refractivity contribution in [1.29, 1.82) is 0 Å². The molecule has 2 aromatic rings. The lowest BCUT2D eigenvalue weighted by Gasteiger charge is -2.21. The number of ether oxygens (including phenoxy) is 1. The monoisotopic (exact) mass is 410 g/mol. The number of hydrazone groups is 1. The maximum atomic E-state index is 13.3. The molecule has 3 rings (SSSR count). The van der Waals surface area contributed by atoms with E-state index in [1.165, 1.54) is 29.3 Å². The number of rotatable bonds is 8. The number of nitrogens with zero attached hydrogens (tertiary/aromatic N) is 3. The highest BCUT2D eigenvalue weighted by Gasteiger charge is 2.36. The first kappa shape index (κ1) is 21.0. The SMILES string of the molecule is C=CCN(Cc1ccc(OC)cc1)C(=O)C1=NN(c2ccc(F)cc2)C(C(N)=O)C1. The average Bonchev–Trinajstić information content (AvgIpc) is 3.20. The van der Waals surface area contributed by atoms with Crippen LogP contribution in [-0.2, 0) is 16.1 Å². The fourth-order valence-corrected chi connectivity index (χ4v) is 3.20. The van der Waals surface area contributed by atoms with Gasteiger partial charge in [-0.3, -0.25) is 14.6 Å². The Balaban J connectivity index is 1.83. The van der Waals surface area contributed by atoms with Crippen molar-refractivity contribution < 1.29 is 18.7 Å². The van der Waals surface area contributed by atoms with E-state index in [1.807, 2.05) is 24.3 Å². The van der Waals surface area contributed by atoms with Gasteiger partial charge in [0.05, 0.1) is 12.8 Å². The molecule has 0 aromatic heterocycles. The van der Waals surface area contributed by atoms with Gasteiger partial charge in [0.2, 0.25) is 5.91 Å². The van der Waals surface area contributed by atoms with Crippen molar-refractivity contribution in [3.63, 3.8) is 0 Å². The highest BCUT2D eigenvalue weighted by atomic mass is 19.1. The Bertz CT molecular complexity index is 957. The van der Waals surface area contributed by atoms with Crippen LogP contribution in [0.5, 0.6) is 5.75 Å². The normalized spacial score (nSPS) is 15.5. The van der Waals surface area contributed by atoms with Crippen molar-refractivity contribution in [3.05, 3.63) is 72.6 Å². The van der Waals surface area contributed by atoms with Gasteiger partial charge in [-0.25, -0.2) is 4.39 Å². The number of primary amides is 1. The summed E-state index contributed by atoms with van der Waals surface area (Å²) in [4.78, 5) is 26.7. The summed E-state index contributed by atoms with van der Waals surface area (Å²) >= 11 is 0. The van der Waals surface area contributed by atoms with Gasteiger partial charge < -0.3 is 15.4 Å². The molecule has 1 heterocycles. The number of hydrogen-bond acceptors (Lipinski definition) is 5. The zero-order valence-electron chi connectivity index (χ0n) is 16.6. The van der Waals surface area contributed by atoms with Gasteiger partial charge in [0, 0.05) is 19.5 Å². The standard InChI is InChI=1S/C22H23FN4O3/c1-3-12-26(14-15-4-10-18(30-2)11-5-15)22(29)19-13-20(21(24)28)27(25-19)17-8-6-16(23)7-9-17/h3-11,20H,1,12-14H2,2H3,(H2,24,28). The molecule has 0 fully saturated rings. The zero-order valence-corrected chi connectivity index (χ0v) is 16.6. The van der Waals surface area contributed by atoms with Gasteiger partial charge in [0.25, 0.3) is 5.91 Å². The van der Waals surface area contributed by atoms with Gasteiger partial charge in [-0.2, -0.15) is 5.10 Å². The van der Waals surface area contributed by atoms with Crippen LogP contribution in [0.2, 0.25) is 0 Å². The number of methoxy groups -OCH3 is 1. The van der Waals surface area contributed by atoms with Crippen LogP contribution in [0.15, 0.2) is 66.3 Å². The highest BCUT2D eigenvalue weighted by molar-refractivity contribution is 6.40. The summed E-state index contributed by atoms with van der Waals surface area (Å²) in [5, 5.41) is 5.71. The second-order valence-corrected chi connectivity index (χ2v) is 6.81. The number of anilines is 1. The van der Waals surface area contributed by atoms with Crippen LogP contribution in [0, 0.1) is 5.82 Å². The molecular formula is C22H23FN4O3. The molecule has 0 bridgehead atoms. The Morgan fingerprint density at radius 3 is 2.50 bits per heavy atom. The smallest absolute Gasteiger partial charge is 0.270 e. The molecule has 0 aliphatic carbocycles. The van der Waals surface area contributed by atoms with Gasteiger partial charge in [0.1, 0.15) is 23.3 Å². The van der Waals surface area contributed by atoms with E-state index in [-0.39, 0.29) is 18.0 Å². The van der Waals surface area contributed by atoms with Crippen molar-refractivity contribution in [2.45, 2.75) is 19.0 Å². The number of carbonyl (C=O) groups is 2. The van der Waals surface area contributed by atoms with Crippen LogP contribution < -0.4 is 15.5 Å². The van der Waals surface area contributed by atoms with E-state index in [0.717, 1.165) is 11.3 Å². The summed E-state index contributed by atoms with van der Waals surface area (Å²) in [6.07, 6.45) is 1.70. The quantitative estimate of drug-likeness (QED) is 0.677. The summed E-state index contributed by atoms with van der Waals surface area (Å²) in [6, 6.07) is 12.1. The van der Waals surface area contributed by atoms with Gasteiger partial charge in [-0.15, -0.1) is 6.58 Å². The first-order valence-electron chi connectivity index (χ1n) is 9.37. The number of carbonyl (C=O) groups excluding carboxylic acids is 2. The largest absolute Gasteiger partial charge is 0.497 e. The summed E-state index contributed by atoms with van der Waals surface area (Å²) < 4.78 is 18.4. The average molecular weight is 410 g/mol. The van der Waals surface area contributed by atoms with E-state index in [0.29, 0.717) is 18.8 Å². The lowest BCUT2D eigenvalue weighted by Crippen LogP contribution is -2.40. The summed E-state index contributed by atoms with van der Waals surface area (Å²) in [6.45, 7) is 4.36. The van der Waals surface area contributed by atoms with E-state index in [2.05, 4.69) is 11.7 Å². The van der Waals surface area contributed by atoms with Crippen molar-refractivity contribution >= 4 is 23.2 Å². The Morgan fingerprint density at radius 2 is 1.93 bits per heavy atom. The third-order valence-corrected chi connectivity index (χ3v) is 4.75. The van der Waals surface area contributed by atoms with Crippen LogP contribution in [-0.4, -0.2) is 42.1 Å². The van der Waals surface area contributed by atoms with Crippen LogP contribution in [0.4, 0.5) is 10.1 Å². The minimum absolute atomic E-state index is 0.0712. The Kier molecular flexibility index (Phi) is 6.46. The molecule has 0 saturated heterocycles. The minimum atomic E-state index is -0.819. The van der Waals surface area contributed by atoms with Gasteiger partial charge in [0.15, 0.2) is 0 Å². The third kappa shape index (κ3) is 4.65. The lowest BCUT2D eigenvalue weighted by molar-refractivity contribution is -0.124. The van der Waals surface area contributed by atoms with Crippen molar-refractivity contribution in [1.82, 2.24) is 4.90 Å². The second kappa shape index (κ2) is 9.21. The first-order valence-corrected chi connectivity index (χ1v) is 9.37.